The molecule has 1 aromatic carbocycles. The van der Waals surface area contributed by atoms with Gasteiger partial charge < -0.3 is 5.32 Å². The summed E-state index contributed by atoms with van der Waals surface area (Å²) in [5.74, 6) is 0.680. The van der Waals surface area contributed by atoms with E-state index in [4.69, 9.17) is 9.97 Å². The number of rotatable bonds is 8. The molecule has 6 heteroatoms. The van der Waals surface area contributed by atoms with E-state index in [0.29, 0.717) is 30.3 Å². The lowest BCUT2D eigenvalue weighted by atomic mass is 9.91. The van der Waals surface area contributed by atoms with Crippen LogP contribution in [-0.2, 0) is 17.6 Å². The Morgan fingerprint density at radius 2 is 2.06 bits per heavy atom. The van der Waals surface area contributed by atoms with Crippen LogP contribution in [-0.4, -0.2) is 15.9 Å². The lowest BCUT2D eigenvalue weighted by Gasteiger charge is -2.21. The number of hydrogen-bond donors (Lipinski definition) is 1. The summed E-state index contributed by atoms with van der Waals surface area (Å²) in [7, 11) is 0. The monoisotopic (exact) mass is 437 g/mol. The molecule has 0 radical (unpaired) electrons. The Labute approximate surface area is 187 Å². The molecule has 1 aliphatic rings. The number of aryl methyl sites for hydroxylation is 2. The Morgan fingerprint density at radius 1 is 1.19 bits per heavy atom. The summed E-state index contributed by atoms with van der Waals surface area (Å²) in [5.41, 5.74) is 4.21. The van der Waals surface area contributed by atoms with Gasteiger partial charge in [-0.1, -0.05) is 39.2 Å². The number of halogens is 1. The third-order valence-corrected chi connectivity index (χ3v) is 6.83. The third-order valence-electron chi connectivity index (χ3n) is 5.95. The molecule has 0 fully saturated rings. The van der Waals surface area contributed by atoms with E-state index < -0.39 is 0 Å². The van der Waals surface area contributed by atoms with Crippen molar-refractivity contribution in [1.82, 2.24) is 9.97 Å². The number of benzene rings is 1. The SMILES string of the molecule is CCCCC(CC)CC(=O)Nc1nc2c(nc1-c1cccs1)-c1ccc(F)cc1CC2. The molecule has 162 valence electrons. The maximum Gasteiger partial charge on any atom is 0.225 e. The molecule has 3 aromatic rings. The fraction of sp³-hybridized carbons (Fsp3) is 0.400. The van der Waals surface area contributed by atoms with Crippen molar-refractivity contribution in [2.45, 2.75) is 58.8 Å². The molecular weight excluding hydrogens is 409 g/mol. The number of carbonyl (C=O) groups excluding carboxylic acids is 1. The number of hydrogen-bond acceptors (Lipinski definition) is 4. The number of carbonyl (C=O) groups is 1. The number of fused-ring (bicyclic) bond motifs is 3. The molecule has 0 spiro atoms. The molecule has 0 saturated carbocycles. The number of aromatic nitrogens is 2. The first kappa shape index (κ1) is 21.6. The van der Waals surface area contributed by atoms with E-state index in [1.54, 1.807) is 23.5 Å². The summed E-state index contributed by atoms with van der Waals surface area (Å²) in [4.78, 5) is 23.6. The highest BCUT2D eigenvalue weighted by Crippen LogP contribution is 2.37. The van der Waals surface area contributed by atoms with Gasteiger partial charge in [-0.15, -0.1) is 11.3 Å². The summed E-state index contributed by atoms with van der Waals surface area (Å²) in [5, 5.41) is 5.05. The van der Waals surface area contributed by atoms with Crippen LogP contribution in [0.5, 0.6) is 0 Å². The standard InChI is InChI=1S/C25H28FN3OS/c1-3-5-7-16(4-2)14-22(30)28-25-24(21-8-6-13-31-21)29-23-19-11-10-18(26)15-17(19)9-12-20(23)27-25/h6,8,10-11,13,15-16H,3-5,7,9,12,14H2,1-2H3,(H,27,28,30). The van der Waals surface area contributed by atoms with Crippen LogP contribution in [0.1, 0.15) is 57.2 Å². The molecule has 0 bridgehead atoms. The number of nitrogens with zero attached hydrogens (tertiary/aromatic N) is 2. The first-order valence-electron chi connectivity index (χ1n) is 11.1. The van der Waals surface area contributed by atoms with Gasteiger partial charge in [0.1, 0.15) is 11.5 Å². The molecule has 2 heterocycles. The highest BCUT2D eigenvalue weighted by molar-refractivity contribution is 7.13. The van der Waals surface area contributed by atoms with Crippen LogP contribution in [0.4, 0.5) is 10.2 Å². The van der Waals surface area contributed by atoms with Crippen molar-refractivity contribution in [1.29, 1.82) is 0 Å². The maximum absolute atomic E-state index is 13.7. The lowest BCUT2D eigenvalue weighted by Crippen LogP contribution is -2.19. The van der Waals surface area contributed by atoms with Crippen molar-refractivity contribution in [3.05, 3.63) is 52.8 Å². The zero-order chi connectivity index (χ0) is 21.8. The smallest absolute Gasteiger partial charge is 0.225 e. The van der Waals surface area contributed by atoms with Crippen LogP contribution in [0.2, 0.25) is 0 Å². The number of anilines is 1. The van der Waals surface area contributed by atoms with Crippen molar-refractivity contribution < 1.29 is 9.18 Å². The van der Waals surface area contributed by atoms with E-state index in [-0.39, 0.29) is 11.7 Å². The van der Waals surface area contributed by atoms with Crippen molar-refractivity contribution in [3.8, 4) is 21.8 Å². The first-order chi connectivity index (χ1) is 15.1. The van der Waals surface area contributed by atoms with Crippen LogP contribution < -0.4 is 5.32 Å². The molecule has 0 saturated heterocycles. The van der Waals surface area contributed by atoms with Gasteiger partial charge in [-0.25, -0.2) is 14.4 Å². The van der Waals surface area contributed by atoms with Crippen molar-refractivity contribution in [2.75, 3.05) is 5.32 Å². The van der Waals surface area contributed by atoms with Gasteiger partial charge in [-0.05, 0) is 60.4 Å². The van der Waals surface area contributed by atoms with Gasteiger partial charge in [0, 0.05) is 12.0 Å². The van der Waals surface area contributed by atoms with Gasteiger partial charge in [-0.3, -0.25) is 4.79 Å². The Balaban J connectivity index is 1.67. The van der Waals surface area contributed by atoms with Gasteiger partial charge in [0.15, 0.2) is 5.82 Å². The van der Waals surface area contributed by atoms with Gasteiger partial charge in [-0.2, -0.15) is 0 Å². The molecule has 1 N–H and O–H groups in total. The van der Waals surface area contributed by atoms with Crippen molar-refractivity contribution in [2.24, 2.45) is 5.92 Å². The minimum Gasteiger partial charge on any atom is -0.309 e. The fourth-order valence-corrected chi connectivity index (χ4v) is 4.89. The van der Waals surface area contributed by atoms with Crippen LogP contribution in [0.25, 0.3) is 21.8 Å². The van der Waals surface area contributed by atoms with Crippen molar-refractivity contribution >= 4 is 23.1 Å². The molecular formula is C25H28FN3OS. The largest absolute Gasteiger partial charge is 0.309 e. The summed E-state index contributed by atoms with van der Waals surface area (Å²) in [6, 6.07) is 8.79. The second kappa shape index (κ2) is 9.69. The van der Waals surface area contributed by atoms with Gasteiger partial charge in [0.25, 0.3) is 0 Å². The molecule has 0 aliphatic heterocycles. The van der Waals surface area contributed by atoms with Crippen LogP contribution in [0, 0.1) is 11.7 Å². The number of amides is 1. The van der Waals surface area contributed by atoms with Crippen molar-refractivity contribution in [3.63, 3.8) is 0 Å². The second-order valence-corrected chi connectivity index (χ2v) is 9.11. The maximum atomic E-state index is 13.7. The molecule has 4 rings (SSSR count). The third kappa shape index (κ3) is 4.85. The van der Waals surface area contributed by atoms with E-state index in [9.17, 15) is 9.18 Å². The number of thiophene rings is 1. The quantitative estimate of drug-likeness (QED) is 0.429. The van der Waals surface area contributed by atoms with E-state index in [2.05, 4.69) is 19.2 Å². The number of unbranched alkanes of at least 4 members (excludes halogenated alkanes) is 1. The lowest BCUT2D eigenvalue weighted by molar-refractivity contribution is -0.117. The first-order valence-corrected chi connectivity index (χ1v) is 12.0. The highest BCUT2D eigenvalue weighted by Gasteiger charge is 2.24. The number of nitrogens with one attached hydrogen (secondary N) is 1. The Hall–Kier alpha value is -2.60. The molecule has 31 heavy (non-hydrogen) atoms. The minimum absolute atomic E-state index is 0.00621. The normalized spacial score (nSPS) is 13.4. The molecule has 1 aliphatic carbocycles. The minimum atomic E-state index is -0.230. The summed E-state index contributed by atoms with van der Waals surface area (Å²) in [6.45, 7) is 4.32. The fourth-order valence-electron chi connectivity index (χ4n) is 4.17. The van der Waals surface area contributed by atoms with E-state index >= 15 is 0 Å². The zero-order valence-corrected chi connectivity index (χ0v) is 18.9. The predicted octanol–water partition coefficient (Wildman–Crippen LogP) is 6.65. The van der Waals surface area contributed by atoms with E-state index in [1.807, 2.05) is 17.5 Å². The Kier molecular flexibility index (Phi) is 6.76. The summed E-state index contributed by atoms with van der Waals surface area (Å²) in [6.07, 6.45) is 6.25. The molecule has 2 aromatic heterocycles. The van der Waals surface area contributed by atoms with E-state index in [1.165, 1.54) is 6.07 Å². The second-order valence-electron chi connectivity index (χ2n) is 8.16. The Morgan fingerprint density at radius 3 is 2.81 bits per heavy atom. The summed E-state index contributed by atoms with van der Waals surface area (Å²) >= 11 is 1.57. The molecule has 4 nitrogen and oxygen atoms in total. The molecule has 1 atom stereocenters. The molecule has 1 amide bonds. The van der Waals surface area contributed by atoms with Gasteiger partial charge >= 0.3 is 0 Å². The average molecular weight is 438 g/mol. The molecule has 1 unspecified atom stereocenters. The van der Waals surface area contributed by atoms with Crippen LogP contribution >= 0.6 is 11.3 Å². The predicted molar refractivity (Wildman–Crippen MR) is 125 cm³/mol. The average Bonchev–Trinajstić information content (AvgIpc) is 3.30. The Bertz CT molecular complexity index is 1060. The highest BCUT2D eigenvalue weighted by atomic mass is 32.1. The summed E-state index contributed by atoms with van der Waals surface area (Å²) < 4.78 is 13.7. The van der Waals surface area contributed by atoms with E-state index in [0.717, 1.165) is 59.5 Å². The van der Waals surface area contributed by atoms with Gasteiger partial charge in [0.2, 0.25) is 5.91 Å². The van der Waals surface area contributed by atoms with Crippen LogP contribution in [0.15, 0.2) is 35.7 Å². The zero-order valence-electron chi connectivity index (χ0n) is 18.1. The van der Waals surface area contributed by atoms with Gasteiger partial charge in [0.05, 0.1) is 16.3 Å². The van der Waals surface area contributed by atoms with Crippen LogP contribution in [0.3, 0.4) is 0 Å². The topological polar surface area (TPSA) is 54.9 Å².